The molecule has 114 valence electrons. The molecule has 0 saturated carbocycles. The Labute approximate surface area is 119 Å². The standard InChI is InChI=1S/C16H32O3/c1-5-9-17-11-15(7-3)13-19-14-16(8-4)12-18-10-6-2/h5,15-16H,1,6-14H2,2-4H3. The molecule has 0 aromatic carbocycles. The summed E-state index contributed by atoms with van der Waals surface area (Å²) in [7, 11) is 0. The topological polar surface area (TPSA) is 27.7 Å². The molecular formula is C16H32O3. The summed E-state index contributed by atoms with van der Waals surface area (Å²) >= 11 is 0. The van der Waals surface area contributed by atoms with E-state index in [9.17, 15) is 0 Å². The number of rotatable bonds is 14. The molecule has 19 heavy (non-hydrogen) atoms. The fraction of sp³-hybridized carbons (Fsp3) is 0.875. The van der Waals surface area contributed by atoms with Crippen LogP contribution in [0.2, 0.25) is 0 Å². The van der Waals surface area contributed by atoms with Crippen LogP contribution in [0.4, 0.5) is 0 Å². The Morgan fingerprint density at radius 2 is 1.37 bits per heavy atom. The molecule has 0 heterocycles. The highest BCUT2D eigenvalue weighted by atomic mass is 16.5. The maximum Gasteiger partial charge on any atom is 0.0644 e. The van der Waals surface area contributed by atoms with E-state index in [4.69, 9.17) is 14.2 Å². The van der Waals surface area contributed by atoms with Gasteiger partial charge in [-0.05, 0) is 19.3 Å². The monoisotopic (exact) mass is 272 g/mol. The SMILES string of the molecule is C=CCOCC(CC)COCC(CC)COCCC. The minimum Gasteiger partial charge on any atom is -0.381 e. The fourth-order valence-corrected chi connectivity index (χ4v) is 1.68. The Balaban J connectivity index is 3.66. The van der Waals surface area contributed by atoms with Crippen molar-refractivity contribution < 1.29 is 14.2 Å². The van der Waals surface area contributed by atoms with E-state index < -0.39 is 0 Å². The van der Waals surface area contributed by atoms with Crippen molar-refractivity contribution in [2.45, 2.75) is 40.0 Å². The van der Waals surface area contributed by atoms with E-state index in [0.29, 0.717) is 18.4 Å². The first-order valence-corrected chi connectivity index (χ1v) is 7.62. The first kappa shape index (κ1) is 18.6. The Hall–Kier alpha value is -0.380. The molecule has 0 rings (SSSR count). The minimum absolute atomic E-state index is 0.481. The second-order valence-corrected chi connectivity index (χ2v) is 4.99. The quantitative estimate of drug-likeness (QED) is 0.356. The van der Waals surface area contributed by atoms with Gasteiger partial charge in [0.15, 0.2) is 0 Å². The van der Waals surface area contributed by atoms with Gasteiger partial charge in [-0.3, -0.25) is 0 Å². The third-order valence-corrected chi connectivity index (χ3v) is 3.15. The largest absolute Gasteiger partial charge is 0.381 e. The lowest BCUT2D eigenvalue weighted by Gasteiger charge is -2.19. The Bertz CT molecular complexity index is 194. The van der Waals surface area contributed by atoms with Crippen molar-refractivity contribution in [2.24, 2.45) is 11.8 Å². The van der Waals surface area contributed by atoms with Crippen LogP contribution in [0.3, 0.4) is 0 Å². The number of hydrogen-bond acceptors (Lipinski definition) is 3. The molecule has 0 radical (unpaired) electrons. The van der Waals surface area contributed by atoms with Gasteiger partial charge in [0.1, 0.15) is 0 Å². The minimum atomic E-state index is 0.481. The molecule has 2 unspecified atom stereocenters. The van der Waals surface area contributed by atoms with Crippen LogP contribution in [-0.4, -0.2) is 39.6 Å². The van der Waals surface area contributed by atoms with Gasteiger partial charge in [0.05, 0.1) is 33.0 Å². The van der Waals surface area contributed by atoms with E-state index in [1.54, 1.807) is 6.08 Å². The van der Waals surface area contributed by atoms with E-state index >= 15 is 0 Å². The van der Waals surface area contributed by atoms with E-state index in [1.165, 1.54) is 0 Å². The molecule has 0 aromatic heterocycles. The lowest BCUT2D eigenvalue weighted by Crippen LogP contribution is -2.21. The summed E-state index contributed by atoms with van der Waals surface area (Å²) in [6, 6.07) is 0. The van der Waals surface area contributed by atoms with Crippen LogP contribution < -0.4 is 0 Å². The normalized spacial score (nSPS) is 14.3. The summed E-state index contributed by atoms with van der Waals surface area (Å²) in [6.45, 7) is 14.7. The first-order chi connectivity index (χ1) is 9.28. The van der Waals surface area contributed by atoms with E-state index in [-0.39, 0.29) is 0 Å². The summed E-state index contributed by atoms with van der Waals surface area (Å²) in [6.07, 6.45) is 5.05. The molecule has 0 N–H and O–H groups in total. The second kappa shape index (κ2) is 14.0. The van der Waals surface area contributed by atoms with Crippen molar-refractivity contribution in [3.8, 4) is 0 Å². The predicted molar refractivity (Wildman–Crippen MR) is 80.5 cm³/mol. The fourth-order valence-electron chi connectivity index (χ4n) is 1.68. The highest BCUT2D eigenvalue weighted by molar-refractivity contribution is 4.65. The Morgan fingerprint density at radius 1 is 0.842 bits per heavy atom. The first-order valence-electron chi connectivity index (χ1n) is 7.62. The van der Waals surface area contributed by atoms with E-state index in [0.717, 1.165) is 52.3 Å². The molecule has 3 nitrogen and oxygen atoms in total. The highest BCUT2D eigenvalue weighted by Gasteiger charge is 2.10. The molecule has 0 bridgehead atoms. The van der Waals surface area contributed by atoms with Crippen LogP contribution in [0.15, 0.2) is 12.7 Å². The molecule has 0 amide bonds. The lowest BCUT2D eigenvalue weighted by atomic mass is 10.1. The summed E-state index contributed by atoms with van der Waals surface area (Å²) in [4.78, 5) is 0. The number of ether oxygens (including phenoxy) is 3. The molecule has 0 spiro atoms. The van der Waals surface area contributed by atoms with Gasteiger partial charge in [0.2, 0.25) is 0 Å². The molecule has 0 saturated heterocycles. The maximum atomic E-state index is 5.82. The van der Waals surface area contributed by atoms with Gasteiger partial charge in [-0.25, -0.2) is 0 Å². The van der Waals surface area contributed by atoms with Crippen molar-refractivity contribution in [1.82, 2.24) is 0 Å². The van der Waals surface area contributed by atoms with Gasteiger partial charge in [0, 0.05) is 18.4 Å². The molecule has 0 aromatic rings. The summed E-state index contributed by atoms with van der Waals surface area (Å²) in [5.74, 6) is 0.993. The van der Waals surface area contributed by atoms with Crippen LogP contribution in [0.1, 0.15) is 40.0 Å². The maximum absolute atomic E-state index is 5.82. The second-order valence-electron chi connectivity index (χ2n) is 4.99. The number of hydrogen-bond donors (Lipinski definition) is 0. The molecule has 0 aliphatic carbocycles. The van der Waals surface area contributed by atoms with Crippen LogP contribution >= 0.6 is 0 Å². The zero-order valence-electron chi connectivity index (χ0n) is 13.0. The summed E-state index contributed by atoms with van der Waals surface area (Å²) in [5, 5.41) is 0. The van der Waals surface area contributed by atoms with E-state index in [1.807, 2.05) is 0 Å². The average Bonchev–Trinajstić information content (AvgIpc) is 2.44. The molecule has 0 fully saturated rings. The van der Waals surface area contributed by atoms with Crippen molar-refractivity contribution in [3.05, 3.63) is 12.7 Å². The van der Waals surface area contributed by atoms with Gasteiger partial charge in [0.25, 0.3) is 0 Å². The third kappa shape index (κ3) is 11.2. The zero-order valence-corrected chi connectivity index (χ0v) is 13.0. The van der Waals surface area contributed by atoms with Crippen LogP contribution in [-0.2, 0) is 14.2 Å². The van der Waals surface area contributed by atoms with Crippen molar-refractivity contribution in [2.75, 3.05) is 39.6 Å². The van der Waals surface area contributed by atoms with Crippen molar-refractivity contribution >= 4 is 0 Å². The van der Waals surface area contributed by atoms with Crippen LogP contribution in [0, 0.1) is 11.8 Å². The smallest absolute Gasteiger partial charge is 0.0644 e. The predicted octanol–water partition coefficient (Wildman–Crippen LogP) is 3.68. The van der Waals surface area contributed by atoms with E-state index in [2.05, 4.69) is 27.4 Å². The van der Waals surface area contributed by atoms with Crippen molar-refractivity contribution in [1.29, 1.82) is 0 Å². The van der Waals surface area contributed by atoms with Gasteiger partial charge >= 0.3 is 0 Å². The van der Waals surface area contributed by atoms with Gasteiger partial charge in [-0.1, -0.05) is 26.8 Å². The molecule has 3 heteroatoms. The lowest BCUT2D eigenvalue weighted by molar-refractivity contribution is 0.00811. The zero-order chi connectivity index (χ0) is 14.3. The molecule has 2 atom stereocenters. The summed E-state index contributed by atoms with van der Waals surface area (Å²) < 4.78 is 16.9. The Kier molecular flexibility index (Phi) is 13.8. The summed E-state index contributed by atoms with van der Waals surface area (Å²) in [5.41, 5.74) is 0. The van der Waals surface area contributed by atoms with Crippen molar-refractivity contribution in [3.63, 3.8) is 0 Å². The Morgan fingerprint density at radius 3 is 1.84 bits per heavy atom. The molecule has 0 aliphatic heterocycles. The highest BCUT2D eigenvalue weighted by Crippen LogP contribution is 2.08. The molecule has 0 aliphatic rings. The third-order valence-electron chi connectivity index (χ3n) is 3.15. The van der Waals surface area contributed by atoms with Gasteiger partial charge in [-0.2, -0.15) is 0 Å². The average molecular weight is 272 g/mol. The van der Waals surface area contributed by atoms with Crippen LogP contribution in [0.25, 0.3) is 0 Å². The van der Waals surface area contributed by atoms with Gasteiger partial charge in [-0.15, -0.1) is 6.58 Å². The molecular weight excluding hydrogens is 240 g/mol. The van der Waals surface area contributed by atoms with Gasteiger partial charge < -0.3 is 14.2 Å². The van der Waals surface area contributed by atoms with Crippen LogP contribution in [0.5, 0.6) is 0 Å².